The number of benzene rings is 1. The van der Waals surface area contributed by atoms with Crippen LogP contribution in [0.15, 0.2) is 46.3 Å². The van der Waals surface area contributed by atoms with Gasteiger partial charge in [0.25, 0.3) is 5.91 Å². The van der Waals surface area contributed by atoms with Crippen molar-refractivity contribution in [2.24, 2.45) is 5.92 Å². The summed E-state index contributed by atoms with van der Waals surface area (Å²) in [5.74, 6) is 0.619. The molecule has 5 nitrogen and oxygen atoms in total. The van der Waals surface area contributed by atoms with Crippen LogP contribution in [0.4, 0.5) is 0 Å². The second-order valence-electron chi connectivity index (χ2n) is 6.33. The average Bonchev–Trinajstić information content (AvgIpc) is 2.68. The number of hydrogen-bond donors (Lipinski definition) is 1. The summed E-state index contributed by atoms with van der Waals surface area (Å²) in [7, 11) is 0. The van der Waals surface area contributed by atoms with E-state index in [4.69, 9.17) is 11.6 Å². The van der Waals surface area contributed by atoms with Crippen LogP contribution in [-0.2, 0) is 0 Å². The molecule has 26 heavy (non-hydrogen) atoms. The molecule has 0 saturated carbocycles. The maximum absolute atomic E-state index is 12.6. The van der Waals surface area contributed by atoms with Crippen molar-refractivity contribution in [2.75, 3.05) is 26.2 Å². The van der Waals surface area contributed by atoms with Gasteiger partial charge >= 0.3 is 0 Å². The number of nitrogens with one attached hydrogen (secondary N) is 1. The van der Waals surface area contributed by atoms with E-state index in [-0.39, 0.29) is 5.91 Å². The molecule has 0 atom stereocenters. The van der Waals surface area contributed by atoms with Crippen LogP contribution in [0.5, 0.6) is 0 Å². The average molecular weight is 391 g/mol. The molecule has 1 fully saturated rings. The molecule has 0 aliphatic carbocycles. The second kappa shape index (κ2) is 9.35. The molecule has 1 aliphatic heterocycles. The number of likely N-dealkylation sites (tertiary alicyclic amines) is 1. The van der Waals surface area contributed by atoms with Gasteiger partial charge in [0, 0.05) is 18.0 Å². The summed E-state index contributed by atoms with van der Waals surface area (Å²) in [6, 6.07) is 11.2. The standard InChI is InChI=1S/C19H23ClN4OS/c1-2-21-13-14-9-11-24(12-10-14)19(25)16-7-8-18(23-22-16)26-17-6-4-3-5-15(17)20/h3-8,14,21H,2,9-13H2,1H3. The fraction of sp³-hybridized carbons (Fsp3) is 0.421. The van der Waals surface area contributed by atoms with Gasteiger partial charge in [0.2, 0.25) is 0 Å². The van der Waals surface area contributed by atoms with Crippen molar-refractivity contribution in [3.05, 3.63) is 47.1 Å². The van der Waals surface area contributed by atoms with Crippen LogP contribution in [0.2, 0.25) is 5.02 Å². The highest BCUT2D eigenvalue weighted by atomic mass is 35.5. The number of carbonyl (C=O) groups is 1. The van der Waals surface area contributed by atoms with Gasteiger partial charge in [-0.15, -0.1) is 10.2 Å². The summed E-state index contributed by atoms with van der Waals surface area (Å²) in [6.45, 7) is 5.71. The normalized spacial score (nSPS) is 15.2. The highest BCUT2D eigenvalue weighted by molar-refractivity contribution is 7.99. The van der Waals surface area contributed by atoms with Crippen LogP contribution in [-0.4, -0.2) is 47.2 Å². The fourth-order valence-electron chi connectivity index (χ4n) is 2.98. The van der Waals surface area contributed by atoms with Crippen molar-refractivity contribution in [2.45, 2.75) is 29.7 Å². The summed E-state index contributed by atoms with van der Waals surface area (Å²) in [5.41, 5.74) is 0.402. The minimum atomic E-state index is -0.0336. The van der Waals surface area contributed by atoms with E-state index in [1.807, 2.05) is 35.2 Å². The lowest BCUT2D eigenvalue weighted by Gasteiger charge is -2.31. The third-order valence-corrected chi connectivity index (χ3v) is 5.94. The molecule has 0 bridgehead atoms. The lowest BCUT2D eigenvalue weighted by molar-refractivity contribution is 0.0683. The molecule has 3 rings (SSSR count). The minimum Gasteiger partial charge on any atom is -0.337 e. The molecule has 1 aromatic heterocycles. The summed E-state index contributed by atoms with van der Waals surface area (Å²) >= 11 is 7.61. The van der Waals surface area contributed by atoms with Crippen LogP contribution < -0.4 is 5.32 Å². The van der Waals surface area contributed by atoms with E-state index in [1.54, 1.807) is 6.07 Å². The van der Waals surface area contributed by atoms with E-state index in [0.717, 1.165) is 48.9 Å². The van der Waals surface area contributed by atoms with Gasteiger partial charge in [-0.1, -0.05) is 42.4 Å². The van der Waals surface area contributed by atoms with Gasteiger partial charge in [0.05, 0.1) is 5.02 Å². The van der Waals surface area contributed by atoms with Gasteiger partial charge in [0.15, 0.2) is 5.69 Å². The second-order valence-corrected chi connectivity index (χ2v) is 7.80. The van der Waals surface area contributed by atoms with E-state index in [9.17, 15) is 4.79 Å². The maximum Gasteiger partial charge on any atom is 0.274 e. The molecule has 1 amide bonds. The third kappa shape index (κ3) is 4.96. The molecular weight excluding hydrogens is 368 g/mol. The SMILES string of the molecule is CCNCC1CCN(C(=O)c2ccc(Sc3ccccc3Cl)nn2)CC1. The molecule has 0 unspecified atom stereocenters. The van der Waals surface area contributed by atoms with Crippen LogP contribution in [0.3, 0.4) is 0 Å². The number of hydrogen-bond acceptors (Lipinski definition) is 5. The molecule has 1 N–H and O–H groups in total. The first-order valence-electron chi connectivity index (χ1n) is 8.93. The van der Waals surface area contributed by atoms with E-state index in [1.165, 1.54) is 11.8 Å². The van der Waals surface area contributed by atoms with Crippen LogP contribution >= 0.6 is 23.4 Å². The maximum atomic E-state index is 12.6. The molecule has 138 valence electrons. The molecular formula is C19H23ClN4OS. The van der Waals surface area contributed by atoms with E-state index in [2.05, 4.69) is 22.4 Å². The molecule has 0 spiro atoms. The third-order valence-electron chi connectivity index (χ3n) is 4.50. The van der Waals surface area contributed by atoms with Crippen molar-refractivity contribution >= 4 is 29.3 Å². The zero-order valence-electron chi connectivity index (χ0n) is 14.8. The number of aromatic nitrogens is 2. The zero-order chi connectivity index (χ0) is 18.4. The first-order valence-corrected chi connectivity index (χ1v) is 10.1. The van der Waals surface area contributed by atoms with Crippen molar-refractivity contribution in [3.63, 3.8) is 0 Å². The van der Waals surface area contributed by atoms with Crippen molar-refractivity contribution in [1.82, 2.24) is 20.4 Å². The van der Waals surface area contributed by atoms with E-state index >= 15 is 0 Å². The molecule has 2 aromatic rings. The summed E-state index contributed by atoms with van der Waals surface area (Å²) < 4.78 is 0. The topological polar surface area (TPSA) is 58.1 Å². The Hall–Kier alpha value is -1.63. The quantitative estimate of drug-likeness (QED) is 0.814. The molecule has 0 radical (unpaired) electrons. The Morgan fingerprint density at radius 2 is 2.00 bits per heavy atom. The molecule has 7 heteroatoms. The van der Waals surface area contributed by atoms with Gasteiger partial charge < -0.3 is 10.2 Å². The lowest BCUT2D eigenvalue weighted by Crippen LogP contribution is -2.41. The van der Waals surface area contributed by atoms with Crippen molar-refractivity contribution < 1.29 is 4.79 Å². The summed E-state index contributed by atoms with van der Waals surface area (Å²) in [4.78, 5) is 15.4. The van der Waals surface area contributed by atoms with Gasteiger partial charge in [-0.3, -0.25) is 4.79 Å². The molecule has 2 heterocycles. The Morgan fingerprint density at radius 3 is 2.65 bits per heavy atom. The summed E-state index contributed by atoms with van der Waals surface area (Å²) in [6.07, 6.45) is 2.07. The number of piperidine rings is 1. The Bertz CT molecular complexity index is 733. The number of amides is 1. The van der Waals surface area contributed by atoms with Crippen molar-refractivity contribution in [1.29, 1.82) is 0 Å². The van der Waals surface area contributed by atoms with E-state index < -0.39 is 0 Å². The largest absolute Gasteiger partial charge is 0.337 e. The Labute approximate surface area is 163 Å². The number of nitrogens with zero attached hydrogens (tertiary/aromatic N) is 3. The first kappa shape index (κ1) is 19.1. The minimum absolute atomic E-state index is 0.0336. The van der Waals surface area contributed by atoms with Gasteiger partial charge in [-0.05, 0) is 56.1 Å². The van der Waals surface area contributed by atoms with Crippen LogP contribution in [0.25, 0.3) is 0 Å². The monoisotopic (exact) mass is 390 g/mol. The Balaban J connectivity index is 1.57. The molecule has 1 aliphatic rings. The smallest absolute Gasteiger partial charge is 0.274 e. The lowest BCUT2D eigenvalue weighted by atomic mass is 9.96. The number of rotatable bonds is 6. The Morgan fingerprint density at radius 1 is 1.23 bits per heavy atom. The predicted molar refractivity (Wildman–Crippen MR) is 105 cm³/mol. The predicted octanol–water partition coefficient (Wildman–Crippen LogP) is 3.74. The van der Waals surface area contributed by atoms with Crippen molar-refractivity contribution in [3.8, 4) is 0 Å². The fourth-order valence-corrected chi connectivity index (χ4v) is 3.99. The highest BCUT2D eigenvalue weighted by Gasteiger charge is 2.24. The first-order chi connectivity index (χ1) is 12.7. The van der Waals surface area contributed by atoms with Gasteiger partial charge in [0.1, 0.15) is 5.03 Å². The zero-order valence-corrected chi connectivity index (χ0v) is 16.4. The molecule has 1 saturated heterocycles. The van der Waals surface area contributed by atoms with Gasteiger partial charge in [-0.25, -0.2) is 0 Å². The summed E-state index contributed by atoms with van der Waals surface area (Å²) in [5, 5.41) is 13.1. The Kier molecular flexibility index (Phi) is 6.88. The van der Waals surface area contributed by atoms with Crippen LogP contribution in [0.1, 0.15) is 30.3 Å². The highest BCUT2D eigenvalue weighted by Crippen LogP contribution is 2.31. The van der Waals surface area contributed by atoms with Crippen LogP contribution in [0, 0.1) is 5.92 Å². The molecule has 1 aromatic carbocycles. The van der Waals surface area contributed by atoms with Gasteiger partial charge in [-0.2, -0.15) is 0 Å². The number of carbonyl (C=O) groups excluding carboxylic acids is 1. The van der Waals surface area contributed by atoms with E-state index in [0.29, 0.717) is 16.6 Å². The number of halogens is 1.